The van der Waals surface area contributed by atoms with Crippen LogP contribution in [0, 0.1) is 0 Å². The molecular weight excluding hydrogens is 252 g/mol. The maximum absolute atomic E-state index is 12.2. The maximum Gasteiger partial charge on any atom is 0.326 e. The third kappa shape index (κ3) is 2.87. The lowest BCUT2D eigenvalue weighted by Crippen LogP contribution is -2.46. The molecule has 2 N–H and O–H groups in total. The van der Waals surface area contributed by atoms with Crippen molar-refractivity contribution in [3.8, 4) is 0 Å². The van der Waals surface area contributed by atoms with E-state index in [1.807, 2.05) is 0 Å². The van der Waals surface area contributed by atoms with Crippen LogP contribution in [0.15, 0.2) is 23.0 Å². The molecule has 1 aliphatic rings. The molecule has 0 radical (unpaired) electrons. The predicted molar refractivity (Wildman–Crippen MR) is 64.3 cm³/mol. The van der Waals surface area contributed by atoms with Gasteiger partial charge in [0, 0.05) is 25.6 Å². The Kier molecular flexibility index (Phi) is 3.75. The number of aliphatic hydroxyl groups is 1. The van der Waals surface area contributed by atoms with Crippen LogP contribution in [0.25, 0.3) is 0 Å². The zero-order valence-electron chi connectivity index (χ0n) is 10.5. The monoisotopic (exact) mass is 268 g/mol. The number of hydrogen-bond donors (Lipinski definition) is 2. The first kappa shape index (κ1) is 13.4. The van der Waals surface area contributed by atoms with Crippen molar-refractivity contribution in [2.75, 3.05) is 13.6 Å². The molecule has 104 valence electrons. The zero-order valence-corrected chi connectivity index (χ0v) is 10.5. The molecule has 1 aliphatic heterocycles. The van der Waals surface area contributed by atoms with Crippen LogP contribution in [0.3, 0.4) is 0 Å². The summed E-state index contributed by atoms with van der Waals surface area (Å²) in [5.41, 5.74) is 0.822. The molecular formula is C12H16N2O5. The highest BCUT2D eigenvalue weighted by Gasteiger charge is 2.40. The van der Waals surface area contributed by atoms with Crippen LogP contribution in [0.1, 0.15) is 12.0 Å². The number of likely N-dealkylation sites (tertiary alicyclic amines) is 1. The van der Waals surface area contributed by atoms with Gasteiger partial charge < -0.3 is 24.4 Å². The molecule has 1 aromatic heterocycles. The van der Waals surface area contributed by atoms with Crippen LogP contribution < -0.4 is 0 Å². The molecule has 0 spiro atoms. The number of furan rings is 1. The van der Waals surface area contributed by atoms with E-state index in [1.54, 1.807) is 13.1 Å². The van der Waals surface area contributed by atoms with Crippen molar-refractivity contribution in [3.05, 3.63) is 24.2 Å². The minimum absolute atomic E-state index is 0.0471. The van der Waals surface area contributed by atoms with E-state index in [0.29, 0.717) is 6.54 Å². The summed E-state index contributed by atoms with van der Waals surface area (Å²) < 4.78 is 4.91. The molecule has 0 unspecified atom stereocenters. The second-order valence-electron chi connectivity index (χ2n) is 4.67. The van der Waals surface area contributed by atoms with Crippen LogP contribution in [-0.4, -0.2) is 57.8 Å². The smallest absolute Gasteiger partial charge is 0.326 e. The molecule has 0 aliphatic carbocycles. The summed E-state index contributed by atoms with van der Waals surface area (Å²) in [5, 5.41) is 18.6. The third-order valence-electron chi connectivity index (χ3n) is 3.14. The lowest BCUT2D eigenvalue weighted by atomic mass is 10.2. The summed E-state index contributed by atoms with van der Waals surface area (Å²) in [4.78, 5) is 25.8. The second kappa shape index (κ2) is 5.31. The number of carbonyl (C=O) groups excluding carboxylic acids is 1. The highest BCUT2D eigenvalue weighted by molar-refractivity contribution is 5.83. The van der Waals surface area contributed by atoms with Gasteiger partial charge in [0.25, 0.3) is 0 Å². The third-order valence-corrected chi connectivity index (χ3v) is 3.14. The number of carbonyl (C=O) groups is 2. The summed E-state index contributed by atoms with van der Waals surface area (Å²) in [5.74, 6) is -1.10. The molecule has 7 nitrogen and oxygen atoms in total. The summed E-state index contributed by atoms with van der Waals surface area (Å²) in [7, 11) is 1.58. The Hall–Kier alpha value is -2.02. The van der Waals surface area contributed by atoms with E-state index in [1.165, 1.54) is 22.3 Å². The van der Waals surface area contributed by atoms with Crippen LogP contribution >= 0.6 is 0 Å². The number of hydrogen-bond acceptors (Lipinski definition) is 4. The van der Waals surface area contributed by atoms with Crippen LogP contribution in [0.5, 0.6) is 0 Å². The van der Waals surface area contributed by atoms with E-state index in [4.69, 9.17) is 9.52 Å². The van der Waals surface area contributed by atoms with Crippen molar-refractivity contribution in [1.82, 2.24) is 9.80 Å². The average molecular weight is 268 g/mol. The number of aliphatic carboxylic acids is 1. The number of nitrogens with zero attached hydrogens (tertiary/aromatic N) is 2. The standard InChI is InChI=1S/C12H16N2O5/c1-13(5-8-2-3-19-7-8)12(18)14-6-9(15)4-10(14)11(16)17/h2-3,7,9-10,15H,4-6H2,1H3,(H,16,17)/t9-,10+/m1/s1. The number of carboxylic acid groups (broad SMARTS) is 1. The normalized spacial score (nSPS) is 22.5. The Bertz CT molecular complexity index is 459. The SMILES string of the molecule is CN(Cc1ccoc1)C(=O)N1C[C@H](O)C[C@H]1C(=O)O. The number of urea groups is 1. The zero-order chi connectivity index (χ0) is 14.0. The Balaban J connectivity index is 2.03. The number of aliphatic hydroxyl groups excluding tert-OH is 1. The van der Waals surface area contributed by atoms with E-state index in [2.05, 4.69) is 0 Å². The van der Waals surface area contributed by atoms with Crippen molar-refractivity contribution >= 4 is 12.0 Å². The summed E-state index contributed by atoms with van der Waals surface area (Å²) in [6, 6.07) is 0.358. The topological polar surface area (TPSA) is 94.2 Å². The fraction of sp³-hybridized carbons (Fsp3) is 0.500. The van der Waals surface area contributed by atoms with Crippen molar-refractivity contribution in [2.45, 2.75) is 25.1 Å². The van der Waals surface area contributed by atoms with Gasteiger partial charge in [-0.05, 0) is 6.07 Å². The second-order valence-corrected chi connectivity index (χ2v) is 4.67. The molecule has 2 rings (SSSR count). The van der Waals surface area contributed by atoms with E-state index in [9.17, 15) is 14.7 Å². The number of amides is 2. The van der Waals surface area contributed by atoms with Gasteiger partial charge in [0.15, 0.2) is 0 Å². The van der Waals surface area contributed by atoms with E-state index in [-0.39, 0.29) is 13.0 Å². The van der Waals surface area contributed by atoms with Gasteiger partial charge in [0.2, 0.25) is 0 Å². The first-order chi connectivity index (χ1) is 8.99. The molecule has 19 heavy (non-hydrogen) atoms. The highest BCUT2D eigenvalue weighted by atomic mass is 16.4. The largest absolute Gasteiger partial charge is 0.480 e. The quantitative estimate of drug-likeness (QED) is 0.825. The van der Waals surface area contributed by atoms with Gasteiger partial charge >= 0.3 is 12.0 Å². The van der Waals surface area contributed by atoms with Crippen molar-refractivity contribution in [1.29, 1.82) is 0 Å². The highest BCUT2D eigenvalue weighted by Crippen LogP contribution is 2.20. The van der Waals surface area contributed by atoms with Crippen molar-refractivity contribution in [2.24, 2.45) is 0 Å². The van der Waals surface area contributed by atoms with Crippen LogP contribution in [0.4, 0.5) is 4.79 Å². The Morgan fingerprint density at radius 2 is 2.32 bits per heavy atom. The van der Waals surface area contributed by atoms with Crippen LogP contribution in [0.2, 0.25) is 0 Å². The van der Waals surface area contributed by atoms with Crippen molar-refractivity contribution < 1.29 is 24.2 Å². The molecule has 1 aromatic rings. The maximum atomic E-state index is 12.2. The lowest BCUT2D eigenvalue weighted by Gasteiger charge is -2.27. The van der Waals surface area contributed by atoms with Gasteiger partial charge in [0.05, 0.1) is 25.2 Å². The van der Waals surface area contributed by atoms with Crippen molar-refractivity contribution in [3.63, 3.8) is 0 Å². The van der Waals surface area contributed by atoms with Gasteiger partial charge in [-0.25, -0.2) is 9.59 Å². The number of rotatable bonds is 3. The Morgan fingerprint density at radius 1 is 1.58 bits per heavy atom. The summed E-state index contributed by atoms with van der Waals surface area (Å²) in [6.07, 6.45) is 2.32. The number of carboxylic acids is 1. The lowest BCUT2D eigenvalue weighted by molar-refractivity contribution is -0.141. The van der Waals surface area contributed by atoms with Gasteiger partial charge in [-0.1, -0.05) is 0 Å². The molecule has 1 saturated heterocycles. The molecule has 2 atom stereocenters. The minimum atomic E-state index is -1.10. The van der Waals surface area contributed by atoms with Crippen LogP contribution in [-0.2, 0) is 11.3 Å². The van der Waals surface area contributed by atoms with E-state index >= 15 is 0 Å². The molecule has 0 saturated carbocycles. The first-order valence-electron chi connectivity index (χ1n) is 5.92. The minimum Gasteiger partial charge on any atom is -0.480 e. The van der Waals surface area contributed by atoms with E-state index < -0.39 is 24.1 Å². The fourth-order valence-corrected chi connectivity index (χ4v) is 2.20. The molecule has 1 fully saturated rings. The fourth-order valence-electron chi connectivity index (χ4n) is 2.20. The molecule has 7 heteroatoms. The molecule has 2 heterocycles. The Morgan fingerprint density at radius 3 is 2.89 bits per heavy atom. The van der Waals surface area contributed by atoms with Gasteiger partial charge in [-0.3, -0.25) is 0 Å². The Labute approximate surface area is 110 Å². The van der Waals surface area contributed by atoms with Gasteiger partial charge in [-0.15, -0.1) is 0 Å². The summed E-state index contributed by atoms with van der Waals surface area (Å²) >= 11 is 0. The van der Waals surface area contributed by atoms with Gasteiger partial charge in [0.1, 0.15) is 6.04 Å². The summed E-state index contributed by atoms with van der Waals surface area (Å²) in [6.45, 7) is 0.375. The van der Waals surface area contributed by atoms with E-state index in [0.717, 1.165) is 5.56 Å². The number of β-amino-alcohol motifs (C(OH)–C–C–N with tert-alkyl or cyclic N) is 1. The molecule has 0 bridgehead atoms. The molecule has 2 amide bonds. The molecule has 0 aromatic carbocycles. The first-order valence-corrected chi connectivity index (χ1v) is 5.92. The predicted octanol–water partition coefficient (Wildman–Crippen LogP) is 0.351. The van der Waals surface area contributed by atoms with Gasteiger partial charge in [-0.2, -0.15) is 0 Å². The average Bonchev–Trinajstić information content (AvgIpc) is 2.97.